The Labute approximate surface area is 124 Å². The lowest BCUT2D eigenvalue weighted by atomic mass is 10.2. The van der Waals surface area contributed by atoms with Crippen molar-refractivity contribution in [2.75, 3.05) is 13.2 Å². The van der Waals surface area contributed by atoms with Gasteiger partial charge in [-0.25, -0.2) is 4.79 Å². The molecule has 1 atom stereocenters. The van der Waals surface area contributed by atoms with Gasteiger partial charge in [0.05, 0.1) is 13.2 Å². The van der Waals surface area contributed by atoms with Gasteiger partial charge in [0.25, 0.3) is 0 Å². The van der Waals surface area contributed by atoms with Crippen LogP contribution in [0, 0.1) is 0 Å². The standard InChI is InChI=1S/C13H23O7P/c1-10(2)12(14)19-8-6-4-5-7-9-20-13(15)11(3)21(16,17)18/h11H,1,4-9H2,2-3H3,(H2,16,17,18). The molecule has 0 aromatic carbocycles. The zero-order chi connectivity index (χ0) is 16.5. The summed E-state index contributed by atoms with van der Waals surface area (Å²) in [5.41, 5.74) is -1.07. The Hall–Kier alpha value is -1.17. The molecule has 0 fully saturated rings. The molecule has 7 nitrogen and oxygen atoms in total. The molecule has 0 aromatic heterocycles. The average Bonchev–Trinajstić information content (AvgIpc) is 2.38. The Balaban J connectivity index is 3.57. The predicted molar refractivity (Wildman–Crippen MR) is 76.7 cm³/mol. The minimum Gasteiger partial charge on any atom is -0.465 e. The third-order valence-corrected chi connectivity index (χ3v) is 3.93. The first-order valence-electron chi connectivity index (χ1n) is 6.70. The van der Waals surface area contributed by atoms with E-state index in [2.05, 4.69) is 6.58 Å². The van der Waals surface area contributed by atoms with Crippen LogP contribution < -0.4 is 0 Å². The smallest absolute Gasteiger partial charge is 0.339 e. The summed E-state index contributed by atoms with van der Waals surface area (Å²) in [6.45, 7) is 6.62. The Morgan fingerprint density at radius 3 is 2.00 bits per heavy atom. The van der Waals surface area contributed by atoms with E-state index < -0.39 is 25.2 Å². The lowest BCUT2D eigenvalue weighted by Gasteiger charge is -2.12. The van der Waals surface area contributed by atoms with Crippen LogP contribution in [0.15, 0.2) is 12.2 Å². The predicted octanol–water partition coefficient (Wildman–Crippen LogP) is 1.78. The van der Waals surface area contributed by atoms with E-state index in [1.54, 1.807) is 6.92 Å². The molecule has 0 heterocycles. The van der Waals surface area contributed by atoms with Gasteiger partial charge in [-0.1, -0.05) is 6.58 Å². The molecule has 0 aromatic rings. The molecule has 21 heavy (non-hydrogen) atoms. The zero-order valence-corrected chi connectivity index (χ0v) is 13.3. The highest BCUT2D eigenvalue weighted by molar-refractivity contribution is 7.53. The van der Waals surface area contributed by atoms with Gasteiger partial charge in [-0.3, -0.25) is 9.36 Å². The summed E-state index contributed by atoms with van der Waals surface area (Å²) in [7, 11) is -4.43. The van der Waals surface area contributed by atoms with Gasteiger partial charge >= 0.3 is 19.5 Å². The first-order chi connectivity index (χ1) is 9.66. The lowest BCUT2D eigenvalue weighted by molar-refractivity contribution is -0.143. The minimum atomic E-state index is -4.43. The summed E-state index contributed by atoms with van der Waals surface area (Å²) in [6.07, 6.45) is 2.86. The number of esters is 2. The van der Waals surface area contributed by atoms with Crippen molar-refractivity contribution in [3.05, 3.63) is 12.2 Å². The van der Waals surface area contributed by atoms with Crippen LogP contribution in [0.3, 0.4) is 0 Å². The Kier molecular flexibility index (Phi) is 9.17. The highest BCUT2D eigenvalue weighted by Crippen LogP contribution is 2.41. The van der Waals surface area contributed by atoms with Crippen molar-refractivity contribution in [2.45, 2.75) is 45.2 Å². The van der Waals surface area contributed by atoms with E-state index in [0.717, 1.165) is 19.8 Å². The van der Waals surface area contributed by atoms with Crippen LogP contribution in [0.4, 0.5) is 0 Å². The average molecular weight is 322 g/mol. The van der Waals surface area contributed by atoms with Gasteiger partial charge in [0.2, 0.25) is 0 Å². The van der Waals surface area contributed by atoms with E-state index in [9.17, 15) is 14.2 Å². The van der Waals surface area contributed by atoms with Gasteiger partial charge < -0.3 is 19.3 Å². The van der Waals surface area contributed by atoms with Gasteiger partial charge in [-0.2, -0.15) is 0 Å². The van der Waals surface area contributed by atoms with E-state index in [-0.39, 0.29) is 6.61 Å². The Morgan fingerprint density at radius 1 is 1.10 bits per heavy atom. The van der Waals surface area contributed by atoms with Crippen LogP contribution in [0.5, 0.6) is 0 Å². The fraction of sp³-hybridized carbons (Fsp3) is 0.692. The first kappa shape index (κ1) is 19.8. The van der Waals surface area contributed by atoms with Gasteiger partial charge in [-0.05, 0) is 39.5 Å². The second-order valence-electron chi connectivity index (χ2n) is 4.76. The summed E-state index contributed by atoms with van der Waals surface area (Å²) in [6, 6.07) is 0. The number of hydrogen-bond acceptors (Lipinski definition) is 5. The number of carbonyl (C=O) groups excluding carboxylic acids is 2. The monoisotopic (exact) mass is 322 g/mol. The van der Waals surface area contributed by atoms with Crippen LogP contribution in [0.1, 0.15) is 39.5 Å². The minimum absolute atomic E-state index is 0.120. The van der Waals surface area contributed by atoms with Crippen molar-refractivity contribution in [1.29, 1.82) is 0 Å². The molecule has 122 valence electrons. The van der Waals surface area contributed by atoms with Gasteiger partial charge in [0, 0.05) is 5.57 Å². The van der Waals surface area contributed by atoms with E-state index in [4.69, 9.17) is 19.3 Å². The number of carbonyl (C=O) groups is 2. The van der Waals surface area contributed by atoms with E-state index in [0.29, 0.717) is 25.0 Å². The number of hydrogen-bond donors (Lipinski definition) is 2. The first-order valence-corrected chi connectivity index (χ1v) is 8.39. The molecule has 0 aliphatic heterocycles. The SMILES string of the molecule is C=C(C)C(=O)OCCCCCCOC(=O)C(C)P(=O)(O)O. The summed E-state index contributed by atoms with van der Waals surface area (Å²) in [5, 5.41) is 0. The van der Waals surface area contributed by atoms with Gasteiger partial charge in [-0.15, -0.1) is 0 Å². The van der Waals surface area contributed by atoms with Crippen molar-refractivity contribution >= 4 is 19.5 Å². The van der Waals surface area contributed by atoms with Crippen molar-refractivity contribution in [3.63, 3.8) is 0 Å². The largest absolute Gasteiger partial charge is 0.465 e. The normalized spacial score (nSPS) is 12.6. The molecule has 0 aliphatic rings. The quantitative estimate of drug-likeness (QED) is 0.273. The summed E-state index contributed by atoms with van der Waals surface area (Å²) >= 11 is 0. The number of unbranched alkanes of at least 4 members (excludes halogenated alkanes) is 3. The number of ether oxygens (including phenoxy) is 2. The molecule has 1 unspecified atom stereocenters. The van der Waals surface area contributed by atoms with E-state index in [1.165, 1.54) is 0 Å². The summed E-state index contributed by atoms with van der Waals surface area (Å²) < 4.78 is 20.5. The molecule has 2 N–H and O–H groups in total. The molecule has 0 bridgehead atoms. The third kappa shape index (κ3) is 9.39. The third-order valence-electron chi connectivity index (χ3n) is 2.71. The van der Waals surface area contributed by atoms with Crippen LogP contribution >= 0.6 is 7.60 Å². The summed E-state index contributed by atoms with van der Waals surface area (Å²) in [5.74, 6) is -1.30. The van der Waals surface area contributed by atoms with Gasteiger partial charge in [0.15, 0.2) is 5.66 Å². The zero-order valence-electron chi connectivity index (χ0n) is 12.4. The van der Waals surface area contributed by atoms with Crippen LogP contribution in [-0.2, 0) is 23.6 Å². The molecular weight excluding hydrogens is 299 g/mol. The van der Waals surface area contributed by atoms with E-state index in [1.807, 2.05) is 0 Å². The Morgan fingerprint density at radius 2 is 1.57 bits per heavy atom. The topological polar surface area (TPSA) is 110 Å². The van der Waals surface area contributed by atoms with Crippen molar-refractivity contribution < 1.29 is 33.4 Å². The number of rotatable bonds is 10. The van der Waals surface area contributed by atoms with Crippen molar-refractivity contribution in [1.82, 2.24) is 0 Å². The van der Waals surface area contributed by atoms with Crippen molar-refractivity contribution in [2.24, 2.45) is 0 Å². The van der Waals surface area contributed by atoms with Crippen LogP contribution in [-0.4, -0.2) is 40.6 Å². The maximum Gasteiger partial charge on any atom is 0.339 e. The molecule has 0 spiro atoms. The fourth-order valence-electron chi connectivity index (χ4n) is 1.28. The second-order valence-corrected chi connectivity index (χ2v) is 6.72. The highest BCUT2D eigenvalue weighted by atomic mass is 31.2. The lowest BCUT2D eigenvalue weighted by Crippen LogP contribution is -2.20. The molecule has 8 heteroatoms. The maximum absolute atomic E-state index is 11.3. The van der Waals surface area contributed by atoms with Crippen LogP contribution in [0.2, 0.25) is 0 Å². The fourth-order valence-corrected chi connectivity index (χ4v) is 1.63. The Bertz CT molecular complexity index is 413. The van der Waals surface area contributed by atoms with Gasteiger partial charge in [0.1, 0.15) is 0 Å². The molecule has 0 amide bonds. The van der Waals surface area contributed by atoms with Crippen molar-refractivity contribution in [3.8, 4) is 0 Å². The van der Waals surface area contributed by atoms with Crippen LogP contribution in [0.25, 0.3) is 0 Å². The molecule has 0 saturated heterocycles. The molecule has 0 aliphatic carbocycles. The highest BCUT2D eigenvalue weighted by Gasteiger charge is 2.32. The molecular formula is C13H23O7P. The van der Waals surface area contributed by atoms with E-state index >= 15 is 0 Å². The maximum atomic E-state index is 11.3. The molecule has 0 radical (unpaired) electrons. The molecule has 0 saturated carbocycles. The summed E-state index contributed by atoms with van der Waals surface area (Å²) in [4.78, 5) is 39.9. The second kappa shape index (κ2) is 9.71. The molecule has 0 rings (SSSR count).